The van der Waals surface area contributed by atoms with Gasteiger partial charge in [-0.05, 0) is 18.2 Å². The van der Waals surface area contributed by atoms with E-state index in [1.165, 1.54) is 0 Å². The smallest absolute Gasteiger partial charge is 0.365 e. The summed E-state index contributed by atoms with van der Waals surface area (Å²) in [5.74, 6) is 1.62. The van der Waals surface area contributed by atoms with E-state index >= 15 is 0 Å². The monoisotopic (exact) mass is 311 g/mol. The van der Waals surface area contributed by atoms with E-state index in [0.717, 1.165) is 40.5 Å². The minimum absolute atomic E-state index is 0.733. The highest BCUT2D eigenvalue weighted by Crippen LogP contribution is 2.26. The van der Waals surface area contributed by atoms with E-state index in [1.54, 1.807) is 7.11 Å². The van der Waals surface area contributed by atoms with Gasteiger partial charge in [0.25, 0.3) is 0 Å². The second kappa shape index (κ2) is 5.77. The molecule has 0 aromatic heterocycles. The maximum atomic E-state index is 5.31. The molecule has 1 heterocycles. The van der Waals surface area contributed by atoms with Gasteiger partial charge in [0.05, 0.1) is 25.9 Å². The summed E-state index contributed by atoms with van der Waals surface area (Å²) in [6.07, 6.45) is 0. The Morgan fingerprint density at radius 2 is 2.39 bits per heavy atom. The van der Waals surface area contributed by atoms with Crippen LogP contribution in [0.5, 0.6) is 5.75 Å². The molecule has 18 heavy (non-hydrogen) atoms. The van der Waals surface area contributed by atoms with Gasteiger partial charge in [0, 0.05) is 10.0 Å². The molecule has 0 saturated heterocycles. The first-order chi connectivity index (χ1) is 8.70. The Morgan fingerprint density at radius 1 is 1.56 bits per heavy atom. The second-order valence-electron chi connectivity index (χ2n) is 3.80. The van der Waals surface area contributed by atoms with Crippen LogP contribution in [0.15, 0.2) is 29.3 Å². The molecule has 0 aliphatic carbocycles. The standard InChI is InChI=1S/C12H15BrN4O/c1-8(16-17-12-14-5-6-15-12)10-7-9(13)3-4-11(10)18-2/h3-4,7,16H,1,5-6H2,2H3,(H2,14,15,17)/p+1. The number of hydrogen-bond acceptors (Lipinski definition) is 4. The fourth-order valence-corrected chi connectivity index (χ4v) is 2.01. The van der Waals surface area contributed by atoms with Crippen molar-refractivity contribution in [3.63, 3.8) is 0 Å². The zero-order valence-corrected chi connectivity index (χ0v) is 11.7. The third-order valence-electron chi connectivity index (χ3n) is 2.55. The molecule has 0 unspecified atom stereocenters. The molecule has 1 aromatic rings. The number of ether oxygens (including phenoxy) is 1. The van der Waals surface area contributed by atoms with Crippen molar-refractivity contribution in [2.75, 3.05) is 20.2 Å². The maximum absolute atomic E-state index is 5.31. The van der Waals surface area contributed by atoms with E-state index in [9.17, 15) is 0 Å². The Hall–Kier alpha value is -1.69. The van der Waals surface area contributed by atoms with E-state index in [0.29, 0.717) is 0 Å². The molecule has 0 radical (unpaired) electrons. The molecule has 0 atom stereocenters. The van der Waals surface area contributed by atoms with E-state index in [2.05, 4.69) is 43.7 Å². The van der Waals surface area contributed by atoms with Crippen molar-refractivity contribution < 1.29 is 9.73 Å². The summed E-state index contributed by atoms with van der Waals surface area (Å²) in [7, 11) is 1.64. The molecule has 1 aromatic carbocycles. The summed E-state index contributed by atoms with van der Waals surface area (Å²) < 4.78 is 6.28. The van der Waals surface area contributed by atoms with Gasteiger partial charge in [-0.2, -0.15) is 5.43 Å². The third kappa shape index (κ3) is 2.95. The summed E-state index contributed by atoms with van der Waals surface area (Å²) in [5, 5.41) is 3.15. The number of nitrogens with one attached hydrogen (secondary N) is 4. The number of rotatable bonds is 4. The van der Waals surface area contributed by atoms with Crippen LogP contribution >= 0.6 is 15.9 Å². The quantitative estimate of drug-likeness (QED) is 0.570. The number of hydrogen-bond donors (Lipinski definition) is 4. The highest BCUT2D eigenvalue weighted by molar-refractivity contribution is 9.10. The Balaban J connectivity index is 2.05. The fraction of sp³-hybridized carbons (Fsp3) is 0.250. The van der Waals surface area contributed by atoms with Crippen molar-refractivity contribution in [3.8, 4) is 5.75 Å². The molecule has 1 aliphatic rings. The summed E-state index contributed by atoms with van der Waals surface area (Å²) in [4.78, 5) is 3.15. The van der Waals surface area contributed by atoms with Crippen LogP contribution in [0, 0.1) is 0 Å². The van der Waals surface area contributed by atoms with Crippen LogP contribution < -0.4 is 25.9 Å². The average Bonchev–Trinajstić information content (AvgIpc) is 2.89. The molecule has 1 aliphatic heterocycles. The van der Waals surface area contributed by atoms with Gasteiger partial charge in [0.2, 0.25) is 0 Å². The Morgan fingerprint density at radius 3 is 3.06 bits per heavy atom. The summed E-state index contributed by atoms with van der Waals surface area (Å²) >= 11 is 3.44. The van der Waals surface area contributed by atoms with Gasteiger partial charge >= 0.3 is 5.96 Å². The molecule has 5 nitrogen and oxygen atoms in total. The SMILES string of the molecule is C=C(NNC1=[NH+]CCN1)c1cc(Br)ccc1OC. The average molecular weight is 312 g/mol. The Kier molecular flexibility index (Phi) is 4.09. The second-order valence-corrected chi connectivity index (χ2v) is 4.72. The first-order valence-electron chi connectivity index (χ1n) is 5.60. The lowest BCUT2D eigenvalue weighted by Gasteiger charge is -2.12. The van der Waals surface area contributed by atoms with Crippen LogP contribution in [-0.2, 0) is 0 Å². The van der Waals surface area contributed by atoms with Gasteiger partial charge in [-0.3, -0.25) is 15.7 Å². The lowest BCUT2D eigenvalue weighted by atomic mass is 10.1. The van der Waals surface area contributed by atoms with Crippen molar-refractivity contribution in [1.82, 2.24) is 16.2 Å². The normalized spacial score (nSPS) is 13.6. The van der Waals surface area contributed by atoms with Crippen LogP contribution in [-0.4, -0.2) is 26.2 Å². The molecule has 0 amide bonds. The van der Waals surface area contributed by atoms with Crippen LogP contribution in [0.2, 0.25) is 0 Å². The van der Waals surface area contributed by atoms with Crippen molar-refractivity contribution in [1.29, 1.82) is 0 Å². The predicted octanol–water partition coefficient (Wildman–Crippen LogP) is -0.438. The van der Waals surface area contributed by atoms with Crippen molar-refractivity contribution in [3.05, 3.63) is 34.8 Å². The molecule has 4 N–H and O–H groups in total. The highest BCUT2D eigenvalue weighted by Gasteiger charge is 2.13. The number of guanidine groups is 1. The molecule has 6 heteroatoms. The lowest BCUT2D eigenvalue weighted by Crippen LogP contribution is -2.75. The van der Waals surface area contributed by atoms with Gasteiger partial charge < -0.3 is 4.74 Å². The fourth-order valence-electron chi connectivity index (χ4n) is 1.65. The first kappa shape index (κ1) is 12.8. The van der Waals surface area contributed by atoms with Crippen molar-refractivity contribution in [2.45, 2.75) is 0 Å². The van der Waals surface area contributed by atoms with E-state index < -0.39 is 0 Å². The van der Waals surface area contributed by atoms with Crippen molar-refractivity contribution in [2.24, 2.45) is 0 Å². The zero-order valence-electron chi connectivity index (χ0n) is 10.1. The minimum Gasteiger partial charge on any atom is -0.496 e. The minimum atomic E-state index is 0.733. The van der Waals surface area contributed by atoms with Crippen LogP contribution in [0.3, 0.4) is 0 Å². The molecule has 0 bridgehead atoms. The molecule has 0 saturated carbocycles. The maximum Gasteiger partial charge on any atom is 0.365 e. The van der Waals surface area contributed by atoms with Gasteiger partial charge in [-0.1, -0.05) is 22.5 Å². The molecular weight excluding hydrogens is 296 g/mol. The lowest BCUT2D eigenvalue weighted by molar-refractivity contribution is -0.447. The third-order valence-corrected chi connectivity index (χ3v) is 3.05. The predicted molar refractivity (Wildman–Crippen MR) is 74.8 cm³/mol. The van der Waals surface area contributed by atoms with Gasteiger partial charge in [0.15, 0.2) is 0 Å². The number of benzene rings is 1. The largest absolute Gasteiger partial charge is 0.496 e. The molecule has 96 valence electrons. The number of methoxy groups -OCH3 is 1. The molecular formula is C12H16BrN4O+. The molecule has 0 fully saturated rings. The molecule has 2 rings (SSSR count). The summed E-state index contributed by atoms with van der Waals surface area (Å²) in [5.41, 5.74) is 7.69. The van der Waals surface area contributed by atoms with Gasteiger partial charge in [-0.15, -0.1) is 0 Å². The Labute approximate surface area is 114 Å². The van der Waals surface area contributed by atoms with E-state index in [-0.39, 0.29) is 0 Å². The van der Waals surface area contributed by atoms with E-state index in [4.69, 9.17) is 4.74 Å². The van der Waals surface area contributed by atoms with Crippen molar-refractivity contribution >= 4 is 27.6 Å². The van der Waals surface area contributed by atoms with Crippen LogP contribution in [0.1, 0.15) is 5.56 Å². The topological polar surface area (TPSA) is 59.3 Å². The van der Waals surface area contributed by atoms with Crippen LogP contribution in [0.25, 0.3) is 5.70 Å². The first-order valence-corrected chi connectivity index (χ1v) is 6.39. The number of hydrazine groups is 1. The van der Waals surface area contributed by atoms with Gasteiger partial charge in [0.1, 0.15) is 5.75 Å². The zero-order chi connectivity index (χ0) is 13.0. The Bertz CT molecular complexity index is 487. The van der Waals surface area contributed by atoms with E-state index in [1.807, 2.05) is 18.2 Å². The summed E-state index contributed by atoms with van der Waals surface area (Å²) in [6.45, 7) is 5.82. The van der Waals surface area contributed by atoms with Gasteiger partial charge in [-0.25, -0.2) is 0 Å². The molecule has 0 spiro atoms. The van der Waals surface area contributed by atoms with Crippen LogP contribution in [0.4, 0.5) is 0 Å². The highest BCUT2D eigenvalue weighted by atomic mass is 79.9. The number of halogens is 1. The summed E-state index contributed by atoms with van der Waals surface area (Å²) in [6, 6.07) is 5.78.